The van der Waals surface area contributed by atoms with E-state index in [1.54, 1.807) is 31.2 Å². The number of carbonyl (C=O) groups excluding carboxylic acids is 4. The van der Waals surface area contributed by atoms with Gasteiger partial charge in [0.15, 0.2) is 24.3 Å². The summed E-state index contributed by atoms with van der Waals surface area (Å²) in [6.07, 6.45) is -10.7. The molecule has 5 aromatic carbocycles. The van der Waals surface area contributed by atoms with Crippen molar-refractivity contribution in [3.05, 3.63) is 179 Å². The lowest BCUT2D eigenvalue weighted by Gasteiger charge is -2.53. The predicted molar refractivity (Wildman–Crippen MR) is 255 cm³/mol. The van der Waals surface area contributed by atoms with Gasteiger partial charge in [-0.05, 0) is 34.7 Å². The molecule has 1 amide bonds. The van der Waals surface area contributed by atoms with Crippen molar-refractivity contribution in [1.29, 1.82) is 0 Å². The smallest absolute Gasteiger partial charge is 0.407 e. The molecular weight excluding hydrogens is 915 g/mol. The van der Waals surface area contributed by atoms with Crippen molar-refractivity contribution in [1.82, 2.24) is 5.32 Å². The van der Waals surface area contributed by atoms with Crippen LogP contribution in [0.5, 0.6) is 0 Å². The number of esters is 3. The third-order valence-electron chi connectivity index (χ3n) is 11.7. The Morgan fingerprint density at radius 3 is 1.44 bits per heavy atom. The van der Waals surface area contributed by atoms with E-state index in [0.717, 1.165) is 36.1 Å². The fraction of sp³-hybridized carbons (Fsp3) is 0.382. The molecule has 5 aromatic rings. The molecule has 0 saturated carbocycles. The van der Waals surface area contributed by atoms with Crippen molar-refractivity contribution < 1.29 is 71.3 Å². The molecule has 0 unspecified atom stereocenters. The van der Waals surface area contributed by atoms with Gasteiger partial charge in [-0.3, -0.25) is 14.4 Å². The molecule has 2 aliphatic heterocycles. The molecule has 2 saturated heterocycles. The molecule has 71 heavy (non-hydrogen) atoms. The van der Waals surface area contributed by atoms with Gasteiger partial charge in [-0.25, -0.2) is 4.79 Å². The molecule has 0 radical (unpaired) electrons. The molecule has 2 heterocycles. The topological polar surface area (TPSA) is 182 Å². The van der Waals surface area contributed by atoms with Crippen molar-refractivity contribution in [2.75, 3.05) is 13.2 Å². The third kappa shape index (κ3) is 15.5. The van der Waals surface area contributed by atoms with Gasteiger partial charge in [0.1, 0.15) is 49.8 Å². The first kappa shape index (κ1) is 52.3. The van der Waals surface area contributed by atoms with E-state index in [1.165, 1.54) is 6.92 Å². The van der Waals surface area contributed by atoms with Gasteiger partial charge in [0, 0.05) is 20.8 Å². The maximum Gasteiger partial charge on any atom is 0.407 e. The lowest BCUT2D eigenvalue weighted by molar-refractivity contribution is -0.418. The van der Waals surface area contributed by atoms with Crippen LogP contribution in [0.1, 0.15) is 55.5 Å². The minimum Gasteiger partial charge on any atom is -0.463 e. The standard InChI is InChI=1S/C55H61NO15/c1-37(57)62-36-45-49(67-38(2)58)50(68-39(3)59)47(56-54(60)66-34-44-28-18-9-19-29-44)53(69-45)71-55(4)52(65-33-43-26-16-8-17-27-43)51(64-32-42-24-14-7-15-25-42)48(63-31-41-22-12-6-13-23-41)46(70-55)35-61-30-40-20-10-5-11-21-40/h5-29,45-53H,30-36H2,1-4H3,(H,56,60)/t45-,46-,47-,48-,49-,50-,51+,52-,53-,55-/m1/s1. The molecule has 1 N–H and O–H groups in total. The summed E-state index contributed by atoms with van der Waals surface area (Å²) in [5, 5.41) is 2.77. The van der Waals surface area contributed by atoms with Crippen molar-refractivity contribution in [2.24, 2.45) is 0 Å². The van der Waals surface area contributed by atoms with Crippen molar-refractivity contribution >= 4 is 24.0 Å². The van der Waals surface area contributed by atoms with Crippen LogP contribution in [-0.4, -0.2) is 98.1 Å². The summed E-state index contributed by atoms with van der Waals surface area (Å²) in [4.78, 5) is 51.9. The first-order valence-electron chi connectivity index (χ1n) is 23.5. The number of hydrogen-bond donors (Lipinski definition) is 1. The molecule has 16 nitrogen and oxygen atoms in total. The number of ether oxygens (including phenoxy) is 11. The molecule has 10 atom stereocenters. The van der Waals surface area contributed by atoms with E-state index >= 15 is 0 Å². The lowest BCUT2D eigenvalue weighted by Crippen LogP contribution is -2.71. The van der Waals surface area contributed by atoms with Crippen LogP contribution in [0.4, 0.5) is 4.79 Å². The first-order valence-corrected chi connectivity index (χ1v) is 23.5. The number of benzene rings is 5. The zero-order chi connectivity index (χ0) is 50.0. The number of amides is 1. The fourth-order valence-electron chi connectivity index (χ4n) is 8.42. The summed E-state index contributed by atoms with van der Waals surface area (Å²) in [5.41, 5.74) is 4.20. The van der Waals surface area contributed by atoms with Crippen LogP contribution in [0.15, 0.2) is 152 Å². The van der Waals surface area contributed by atoms with Crippen LogP contribution >= 0.6 is 0 Å². The highest BCUT2D eigenvalue weighted by Gasteiger charge is 2.60. The van der Waals surface area contributed by atoms with E-state index in [-0.39, 0.29) is 39.6 Å². The maximum absolute atomic E-state index is 13.9. The number of rotatable bonds is 22. The summed E-state index contributed by atoms with van der Waals surface area (Å²) in [5.74, 6) is -4.14. The van der Waals surface area contributed by atoms with Gasteiger partial charge in [-0.15, -0.1) is 0 Å². The quantitative estimate of drug-likeness (QED) is 0.0530. The lowest BCUT2D eigenvalue weighted by atomic mass is 9.91. The largest absolute Gasteiger partial charge is 0.463 e. The summed E-state index contributed by atoms with van der Waals surface area (Å²) in [6.45, 7) is 5.11. The van der Waals surface area contributed by atoms with Gasteiger partial charge >= 0.3 is 24.0 Å². The normalized spacial score (nSPS) is 25.0. The number of carbonyl (C=O) groups is 4. The second kappa shape index (κ2) is 26.1. The Morgan fingerprint density at radius 2 is 0.944 bits per heavy atom. The number of nitrogens with one attached hydrogen (secondary N) is 1. The van der Waals surface area contributed by atoms with Crippen LogP contribution in [0.2, 0.25) is 0 Å². The maximum atomic E-state index is 13.9. The summed E-state index contributed by atoms with van der Waals surface area (Å²) >= 11 is 0. The van der Waals surface area contributed by atoms with Crippen LogP contribution in [0, 0.1) is 0 Å². The summed E-state index contributed by atoms with van der Waals surface area (Å²) in [7, 11) is 0. The van der Waals surface area contributed by atoms with Crippen LogP contribution in [0.3, 0.4) is 0 Å². The van der Waals surface area contributed by atoms with Gasteiger partial charge in [0.25, 0.3) is 0 Å². The average Bonchev–Trinajstić information content (AvgIpc) is 3.37. The highest BCUT2D eigenvalue weighted by Crippen LogP contribution is 2.41. The second-order valence-corrected chi connectivity index (χ2v) is 17.3. The van der Waals surface area contributed by atoms with Gasteiger partial charge in [-0.1, -0.05) is 152 Å². The Kier molecular flexibility index (Phi) is 19.2. The Hall–Kier alpha value is -6.50. The SMILES string of the molecule is CC(=O)OC[C@H]1O[C@H](O[C@@]2(C)O[C@H](COCc3ccccc3)[C@@H](OCc3ccccc3)[C@H](OCc3ccccc3)[C@H]2OCc2ccccc2)[C@H](NC(=O)OCc2ccccc2)[C@@H](OC(C)=O)[C@@H]1OC(C)=O. The zero-order valence-corrected chi connectivity index (χ0v) is 40.2. The highest BCUT2D eigenvalue weighted by molar-refractivity contribution is 5.69. The van der Waals surface area contributed by atoms with E-state index in [0.29, 0.717) is 5.56 Å². The molecule has 7 rings (SSSR count). The van der Waals surface area contributed by atoms with Gasteiger partial charge in [0.05, 0.1) is 33.0 Å². The predicted octanol–water partition coefficient (Wildman–Crippen LogP) is 7.54. The van der Waals surface area contributed by atoms with Gasteiger partial charge < -0.3 is 57.4 Å². The molecule has 0 spiro atoms. The van der Waals surface area contributed by atoms with Gasteiger partial charge in [0.2, 0.25) is 0 Å². The average molecular weight is 976 g/mol. The van der Waals surface area contributed by atoms with Crippen LogP contribution < -0.4 is 5.32 Å². The Morgan fingerprint density at radius 1 is 0.493 bits per heavy atom. The first-order chi connectivity index (χ1) is 34.4. The molecule has 0 bridgehead atoms. The third-order valence-corrected chi connectivity index (χ3v) is 11.7. The molecule has 2 aliphatic rings. The van der Waals surface area contributed by atoms with Crippen molar-refractivity contribution in [3.8, 4) is 0 Å². The summed E-state index contributed by atoms with van der Waals surface area (Å²) < 4.78 is 70.7. The molecule has 0 aliphatic carbocycles. The molecular formula is C55H61NO15. The Bertz CT molecular complexity index is 2420. The molecule has 16 heteroatoms. The molecule has 2 fully saturated rings. The van der Waals surface area contributed by atoms with E-state index in [9.17, 15) is 19.2 Å². The summed E-state index contributed by atoms with van der Waals surface area (Å²) in [6, 6.07) is 46.0. The van der Waals surface area contributed by atoms with Gasteiger partial charge in [-0.2, -0.15) is 0 Å². The molecule has 376 valence electrons. The Balaban J connectivity index is 1.32. The minimum atomic E-state index is -1.90. The Labute approximate surface area is 413 Å². The highest BCUT2D eigenvalue weighted by atomic mass is 16.8. The monoisotopic (exact) mass is 975 g/mol. The fourth-order valence-corrected chi connectivity index (χ4v) is 8.42. The second-order valence-electron chi connectivity index (χ2n) is 17.3. The number of hydrogen-bond acceptors (Lipinski definition) is 15. The van der Waals surface area contributed by atoms with E-state index in [1.807, 2.05) is 127 Å². The van der Waals surface area contributed by atoms with Crippen LogP contribution in [-0.2, 0) is 99.5 Å². The van der Waals surface area contributed by atoms with E-state index in [2.05, 4.69) is 5.32 Å². The van der Waals surface area contributed by atoms with E-state index in [4.69, 9.17) is 52.1 Å². The van der Waals surface area contributed by atoms with E-state index < -0.39 is 91.5 Å². The zero-order valence-electron chi connectivity index (χ0n) is 40.2. The minimum absolute atomic E-state index is 0.0252. The molecule has 0 aromatic heterocycles. The van der Waals surface area contributed by atoms with Crippen LogP contribution in [0.25, 0.3) is 0 Å². The van der Waals surface area contributed by atoms with Crippen molar-refractivity contribution in [2.45, 2.75) is 122 Å². The van der Waals surface area contributed by atoms with Crippen molar-refractivity contribution in [3.63, 3.8) is 0 Å². The number of alkyl carbamates (subject to hydrolysis) is 1.